The fourth-order valence-corrected chi connectivity index (χ4v) is 1.25. The highest BCUT2D eigenvalue weighted by Gasteiger charge is 2.04. The van der Waals surface area contributed by atoms with Gasteiger partial charge in [-0.15, -0.1) is 0 Å². The van der Waals surface area contributed by atoms with E-state index < -0.39 is 0 Å². The van der Waals surface area contributed by atoms with E-state index in [0.29, 0.717) is 5.56 Å². The molecule has 0 heterocycles. The summed E-state index contributed by atoms with van der Waals surface area (Å²) in [4.78, 5) is 0. The minimum atomic E-state index is 0.649. The Kier molecular flexibility index (Phi) is 2.66. The second-order valence-corrected chi connectivity index (χ2v) is 2.86. The zero-order valence-electron chi connectivity index (χ0n) is 7.67. The van der Waals surface area contributed by atoms with Crippen molar-refractivity contribution in [3.63, 3.8) is 0 Å². The quantitative estimate of drug-likeness (QED) is 0.666. The number of nitrogens with zero attached hydrogens (tertiary/aromatic N) is 1. The number of rotatable bonds is 2. The molecule has 0 aliphatic heterocycles. The van der Waals surface area contributed by atoms with Gasteiger partial charge >= 0.3 is 0 Å². The largest absolute Gasteiger partial charge is 0.192 e. The van der Waals surface area contributed by atoms with Gasteiger partial charge in [0.1, 0.15) is 0 Å². The lowest BCUT2D eigenvalue weighted by Crippen LogP contribution is -1.88. The highest BCUT2D eigenvalue weighted by molar-refractivity contribution is 5.74. The highest BCUT2D eigenvalue weighted by Crippen LogP contribution is 2.21. The Bertz CT molecular complexity index is 394. The van der Waals surface area contributed by atoms with Gasteiger partial charge in [-0.1, -0.05) is 36.9 Å². The SMILES string of the molecule is C=Cc1c(C#N)cccc1C(=C)C. The summed E-state index contributed by atoms with van der Waals surface area (Å²) in [7, 11) is 0. The van der Waals surface area contributed by atoms with E-state index >= 15 is 0 Å². The molecule has 0 unspecified atom stereocenters. The standard InChI is InChI=1S/C12H11N/c1-4-11-10(8-13)6-5-7-12(11)9(2)3/h4-7H,1-2H2,3H3. The molecule has 0 spiro atoms. The number of nitriles is 1. The first-order valence-corrected chi connectivity index (χ1v) is 4.02. The van der Waals surface area contributed by atoms with E-state index in [0.717, 1.165) is 16.7 Å². The molecule has 1 aromatic rings. The summed E-state index contributed by atoms with van der Waals surface area (Å²) >= 11 is 0. The average Bonchev–Trinajstić information content (AvgIpc) is 2.16. The molecule has 0 saturated heterocycles. The second kappa shape index (κ2) is 3.73. The number of hydrogen-bond donors (Lipinski definition) is 0. The van der Waals surface area contributed by atoms with Crippen molar-refractivity contribution in [3.8, 4) is 6.07 Å². The van der Waals surface area contributed by atoms with E-state index in [1.165, 1.54) is 0 Å². The summed E-state index contributed by atoms with van der Waals surface area (Å²) < 4.78 is 0. The fraction of sp³-hybridized carbons (Fsp3) is 0.0833. The third-order valence-electron chi connectivity index (χ3n) is 1.89. The lowest BCUT2D eigenvalue weighted by molar-refractivity contribution is 1.45. The first-order chi connectivity index (χ1) is 6.20. The van der Waals surface area contributed by atoms with Crippen molar-refractivity contribution in [2.75, 3.05) is 0 Å². The normalized spacial score (nSPS) is 8.92. The second-order valence-electron chi connectivity index (χ2n) is 2.86. The van der Waals surface area contributed by atoms with Crippen LogP contribution in [0.4, 0.5) is 0 Å². The minimum absolute atomic E-state index is 0.649. The zero-order valence-corrected chi connectivity index (χ0v) is 7.67. The van der Waals surface area contributed by atoms with E-state index in [9.17, 15) is 0 Å². The Morgan fingerprint density at radius 1 is 1.54 bits per heavy atom. The molecule has 0 N–H and O–H groups in total. The van der Waals surface area contributed by atoms with Crippen molar-refractivity contribution in [2.24, 2.45) is 0 Å². The monoisotopic (exact) mass is 169 g/mol. The molecular weight excluding hydrogens is 158 g/mol. The molecular formula is C12H11N. The van der Waals surface area contributed by atoms with Crippen LogP contribution in [0.2, 0.25) is 0 Å². The van der Waals surface area contributed by atoms with Gasteiger partial charge in [0.15, 0.2) is 0 Å². The van der Waals surface area contributed by atoms with Gasteiger partial charge in [0.2, 0.25) is 0 Å². The molecule has 64 valence electrons. The van der Waals surface area contributed by atoms with Gasteiger partial charge in [-0.3, -0.25) is 0 Å². The zero-order chi connectivity index (χ0) is 9.84. The summed E-state index contributed by atoms with van der Waals surface area (Å²) in [5.41, 5.74) is 3.47. The predicted molar refractivity (Wildman–Crippen MR) is 56.0 cm³/mol. The number of benzene rings is 1. The topological polar surface area (TPSA) is 23.8 Å². The molecule has 1 heteroatoms. The Hall–Kier alpha value is -1.81. The summed E-state index contributed by atoms with van der Waals surface area (Å²) in [6.07, 6.45) is 1.70. The lowest BCUT2D eigenvalue weighted by atomic mass is 9.97. The molecule has 0 saturated carbocycles. The Morgan fingerprint density at radius 3 is 2.69 bits per heavy atom. The van der Waals surface area contributed by atoms with Crippen LogP contribution in [0.15, 0.2) is 31.4 Å². The molecule has 1 nitrogen and oxygen atoms in total. The van der Waals surface area contributed by atoms with Crippen LogP contribution in [-0.4, -0.2) is 0 Å². The van der Waals surface area contributed by atoms with Crippen LogP contribution < -0.4 is 0 Å². The van der Waals surface area contributed by atoms with Crippen molar-refractivity contribution in [1.82, 2.24) is 0 Å². The lowest BCUT2D eigenvalue weighted by Gasteiger charge is -2.06. The van der Waals surface area contributed by atoms with Crippen LogP contribution in [-0.2, 0) is 0 Å². The number of allylic oxidation sites excluding steroid dienone is 1. The van der Waals surface area contributed by atoms with Crippen molar-refractivity contribution < 1.29 is 0 Å². The summed E-state index contributed by atoms with van der Waals surface area (Å²) in [5, 5.41) is 8.83. The van der Waals surface area contributed by atoms with E-state index in [4.69, 9.17) is 5.26 Å². The fourth-order valence-electron chi connectivity index (χ4n) is 1.25. The van der Waals surface area contributed by atoms with Crippen molar-refractivity contribution in [1.29, 1.82) is 5.26 Å². The maximum Gasteiger partial charge on any atom is 0.0998 e. The molecule has 1 rings (SSSR count). The molecule has 0 aliphatic rings. The molecule has 0 amide bonds. The molecule has 0 aliphatic carbocycles. The maximum absolute atomic E-state index is 8.83. The van der Waals surface area contributed by atoms with Crippen LogP contribution in [0, 0.1) is 11.3 Å². The summed E-state index contributed by atoms with van der Waals surface area (Å²) in [6, 6.07) is 7.71. The van der Waals surface area contributed by atoms with Crippen LogP contribution >= 0.6 is 0 Å². The van der Waals surface area contributed by atoms with E-state index in [-0.39, 0.29) is 0 Å². The highest BCUT2D eigenvalue weighted by atomic mass is 14.2. The molecule has 0 bridgehead atoms. The molecule has 13 heavy (non-hydrogen) atoms. The van der Waals surface area contributed by atoms with Gasteiger partial charge < -0.3 is 0 Å². The third-order valence-corrected chi connectivity index (χ3v) is 1.89. The Labute approximate surface area is 78.6 Å². The third kappa shape index (κ3) is 1.68. The van der Waals surface area contributed by atoms with Crippen LogP contribution in [0.5, 0.6) is 0 Å². The first-order valence-electron chi connectivity index (χ1n) is 4.02. The Balaban J connectivity index is 3.46. The van der Waals surface area contributed by atoms with Gasteiger partial charge in [-0.05, 0) is 24.1 Å². The molecule has 0 radical (unpaired) electrons. The van der Waals surface area contributed by atoms with E-state index in [2.05, 4.69) is 19.2 Å². The molecule has 0 aromatic heterocycles. The minimum Gasteiger partial charge on any atom is -0.192 e. The summed E-state index contributed by atoms with van der Waals surface area (Å²) in [6.45, 7) is 9.46. The van der Waals surface area contributed by atoms with E-state index in [1.807, 2.05) is 19.1 Å². The smallest absolute Gasteiger partial charge is 0.0998 e. The molecule has 0 atom stereocenters. The first kappa shape index (κ1) is 9.28. The van der Waals surface area contributed by atoms with Crippen molar-refractivity contribution in [2.45, 2.75) is 6.92 Å². The Morgan fingerprint density at radius 2 is 2.23 bits per heavy atom. The van der Waals surface area contributed by atoms with Gasteiger partial charge in [-0.25, -0.2) is 0 Å². The maximum atomic E-state index is 8.83. The van der Waals surface area contributed by atoms with Gasteiger partial charge in [0.25, 0.3) is 0 Å². The van der Waals surface area contributed by atoms with Crippen LogP contribution in [0.25, 0.3) is 11.6 Å². The van der Waals surface area contributed by atoms with Gasteiger partial charge in [0, 0.05) is 0 Å². The van der Waals surface area contributed by atoms with Crippen molar-refractivity contribution in [3.05, 3.63) is 48.0 Å². The predicted octanol–water partition coefficient (Wildman–Crippen LogP) is 3.23. The average molecular weight is 169 g/mol. The van der Waals surface area contributed by atoms with Crippen molar-refractivity contribution >= 4 is 11.6 Å². The van der Waals surface area contributed by atoms with Gasteiger partial charge in [0.05, 0.1) is 11.6 Å². The molecule has 0 fully saturated rings. The number of hydrogen-bond acceptors (Lipinski definition) is 1. The summed E-state index contributed by atoms with van der Waals surface area (Å²) in [5.74, 6) is 0. The van der Waals surface area contributed by atoms with Crippen LogP contribution in [0.3, 0.4) is 0 Å². The molecule has 1 aromatic carbocycles. The van der Waals surface area contributed by atoms with Gasteiger partial charge in [-0.2, -0.15) is 5.26 Å². The van der Waals surface area contributed by atoms with Crippen LogP contribution in [0.1, 0.15) is 23.6 Å². The van der Waals surface area contributed by atoms with E-state index in [1.54, 1.807) is 12.1 Å².